The van der Waals surface area contributed by atoms with Gasteiger partial charge in [-0.1, -0.05) is 187 Å². The molecule has 5 unspecified atom stereocenters. The molecular weight excluding hydrogens is 882 g/mol. The Morgan fingerprint density at radius 2 is 0.915 bits per heavy atom. The van der Waals surface area contributed by atoms with Gasteiger partial charge in [0.25, 0.3) is 0 Å². The van der Waals surface area contributed by atoms with Gasteiger partial charge in [0.05, 0.1) is 0 Å². The minimum atomic E-state index is -0.826. The van der Waals surface area contributed by atoms with E-state index in [2.05, 4.69) is 175 Å². The second-order valence-electron chi connectivity index (χ2n) is 18.8. The van der Waals surface area contributed by atoms with Crippen LogP contribution in [0.1, 0.15) is 89.5 Å². The van der Waals surface area contributed by atoms with Crippen LogP contribution in [0.3, 0.4) is 0 Å². The Hall–Kier alpha value is -2.12. The van der Waals surface area contributed by atoms with Crippen LogP contribution >= 0.6 is 40.2 Å². The Labute approximate surface area is 386 Å². The third-order valence-corrected chi connectivity index (χ3v) is 13.9. The van der Waals surface area contributed by atoms with Gasteiger partial charge in [-0.25, -0.2) is 0 Å². The van der Waals surface area contributed by atoms with Crippen molar-refractivity contribution in [2.24, 2.45) is 46.3 Å². The Kier molecular flexibility index (Phi) is 16.2. The Balaban J connectivity index is 0.00000128. The van der Waals surface area contributed by atoms with Gasteiger partial charge >= 0.3 is 37.9 Å². The van der Waals surface area contributed by atoms with Crippen molar-refractivity contribution in [2.45, 2.75) is 79.1 Å². The van der Waals surface area contributed by atoms with E-state index in [0.29, 0.717) is 35.5 Å². The van der Waals surface area contributed by atoms with Crippen LogP contribution in [-0.4, -0.2) is 0 Å². The van der Waals surface area contributed by atoms with E-state index in [-0.39, 0.29) is 31.1 Å². The van der Waals surface area contributed by atoms with Crippen molar-refractivity contribution in [3.8, 4) is 0 Å². The summed E-state index contributed by atoms with van der Waals surface area (Å²) in [7, 11) is 9.87. The van der Waals surface area contributed by atoms with Gasteiger partial charge in [0, 0.05) is 15.5 Å². The van der Waals surface area contributed by atoms with Crippen molar-refractivity contribution < 1.29 is 20.8 Å². The Morgan fingerprint density at radius 1 is 0.525 bits per heavy atom. The third-order valence-electron chi connectivity index (χ3n) is 13.4. The predicted octanol–water partition coefficient (Wildman–Crippen LogP) is 17.2. The van der Waals surface area contributed by atoms with Gasteiger partial charge in [-0.3, -0.25) is 0 Å². The molecule has 0 nitrogen and oxygen atoms in total. The molecule has 0 aliphatic heterocycles. The number of fused-ring (bicyclic) bond motifs is 3. The van der Waals surface area contributed by atoms with Gasteiger partial charge < -0.3 is 14.9 Å². The number of halogens is 4. The third kappa shape index (κ3) is 9.92. The van der Waals surface area contributed by atoms with Crippen molar-refractivity contribution in [1.29, 1.82) is 0 Å². The van der Waals surface area contributed by atoms with E-state index >= 15 is 0 Å². The van der Waals surface area contributed by atoms with Crippen LogP contribution in [0.25, 0.3) is 11.1 Å². The standard InChI is InChI=1S/C52H56Cl2.2CH3.2ClH.Zr/c1-50(2,3)47-31-43-44-32-48(51(4,5)6)42(36-23-27-40(54)28-24-36)30-46(44)49(45(43)29-41(47)35-21-25-39(53)26-22-35)52(38-19-13-14-20-38,37-17-11-8-12-18-37)33-34-15-9-7-10-16-34;;;;;/h7-12,15-18,21-32,38,43-46,49H,13-14,19-20,33H2,1-6H3;2*1H3;2*1H;/q;2*-1;;;+4/p-2. The fourth-order valence-electron chi connectivity index (χ4n) is 11.2. The summed E-state index contributed by atoms with van der Waals surface area (Å²) in [5.41, 5.74) is 11.1. The second-order valence-corrected chi connectivity index (χ2v) is 23.4. The molecule has 0 saturated heterocycles. The van der Waals surface area contributed by atoms with Gasteiger partial charge in [0.15, 0.2) is 0 Å². The van der Waals surface area contributed by atoms with Crippen molar-refractivity contribution in [3.63, 3.8) is 0 Å². The number of rotatable bonds is 7. The molecule has 5 atom stereocenters. The molecule has 0 aromatic heterocycles. The molecule has 4 aliphatic rings. The van der Waals surface area contributed by atoms with Crippen molar-refractivity contribution in [2.75, 3.05) is 0 Å². The summed E-state index contributed by atoms with van der Waals surface area (Å²) in [6.45, 7) is 14.4. The van der Waals surface area contributed by atoms with E-state index in [1.165, 1.54) is 70.2 Å². The summed E-state index contributed by atoms with van der Waals surface area (Å²) in [6.07, 6.45) is 17.2. The van der Waals surface area contributed by atoms with Crippen LogP contribution in [-0.2, 0) is 32.7 Å². The SMILES string of the molecule is CC(C)(C)C1=CC2C3C=C(C(C)(C)C)C(c4ccc(Cl)cc4)=CC3C(C(Cc3ccccc3)(c3ccccc3)C3CCCC3)C2C=C1c1ccc(Cl)cc1.[CH3-].[CH3-].[Cl][Zr+2][Cl]. The molecule has 5 heteroatoms. The molecule has 0 amide bonds. The topological polar surface area (TPSA) is 0 Å². The number of benzene rings is 4. The minimum absolute atomic E-state index is 0. The summed E-state index contributed by atoms with van der Waals surface area (Å²) in [5.74, 6) is 2.42. The summed E-state index contributed by atoms with van der Waals surface area (Å²) < 4.78 is 0. The summed E-state index contributed by atoms with van der Waals surface area (Å²) in [5, 5.41) is 1.57. The fourth-order valence-corrected chi connectivity index (χ4v) is 11.4. The molecule has 0 bridgehead atoms. The van der Waals surface area contributed by atoms with E-state index in [9.17, 15) is 0 Å². The summed E-state index contributed by atoms with van der Waals surface area (Å²) in [6, 6.07) is 40.4. The zero-order valence-corrected chi connectivity index (χ0v) is 41.7. The first-order chi connectivity index (χ1) is 27.3. The van der Waals surface area contributed by atoms with Crippen LogP contribution in [0.5, 0.6) is 0 Å². The predicted molar refractivity (Wildman–Crippen MR) is 256 cm³/mol. The second kappa shape index (κ2) is 19.9. The van der Waals surface area contributed by atoms with Gasteiger partial charge in [-0.2, -0.15) is 0 Å². The molecular formula is C54H62Cl4Zr. The molecule has 4 aliphatic carbocycles. The summed E-state index contributed by atoms with van der Waals surface area (Å²) >= 11 is 12.2. The molecule has 59 heavy (non-hydrogen) atoms. The Bertz CT molecular complexity index is 2010. The quantitative estimate of drug-likeness (QED) is 0.162. The van der Waals surface area contributed by atoms with Crippen LogP contribution in [0.2, 0.25) is 10.0 Å². The maximum atomic E-state index is 6.52. The average molecular weight is 944 g/mol. The van der Waals surface area contributed by atoms with Crippen LogP contribution in [0.4, 0.5) is 0 Å². The molecule has 2 saturated carbocycles. The van der Waals surface area contributed by atoms with Crippen molar-refractivity contribution in [1.82, 2.24) is 0 Å². The fraction of sp³-hybridized carbons (Fsp3) is 0.370. The Morgan fingerprint density at radius 3 is 1.31 bits per heavy atom. The summed E-state index contributed by atoms with van der Waals surface area (Å²) in [4.78, 5) is 0. The first kappa shape index (κ1) is 47.9. The zero-order valence-electron chi connectivity index (χ0n) is 36.2. The van der Waals surface area contributed by atoms with Crippen LogP contribution in [0.15, 0.2) is 145 Å². The van der Waals surface area contributed by atoms with Gasteiger partial charge in [-0.05, 0) is 134 Å². The average Bonchev–Trinajstić information content (AvgIpc) is 3.84. The molecule has 310 valence electrons. The molecule has 8 rings (SSSR count). The van der Waals surface area contributed by atoms with Crippen LogP contribution < -0.4 is 0 Å². The number of hydrogen-bond donors (Lipinski definition) is 0. The first-order valence-electron chi connectivity index (χ1n) is 20.7. The molecule has 0 radical (unpaired) electrons. The van der Waals surface area contributed by atoms with Crippen molar-refractivity contribution in [3.05, 3.63) is 192 Å². The van der Waals surface area contributed by atoms with E-state index in [1.54, 1.807) is 0 Å². The zero-order chi connectivity index (χ0) is 40.5. The number of hydrogen-bond acceptors (Lipinski definition) is 0. The molecule has 4 aromatic carbocycles. The maximum absolute atomic E-state index is 6.52. The molecule has 0 heterocycles. The first-order valence-corrected chi connectivity index (χ1v) is 27.8. The molecule has 4 aromatic rings. The molecule has 0 N–H and O–H groups in total. The van der Waals surface area contributed by atoms with E-state index in [1.807, 2.05) is 0 Å². The van der Waals surface area contributed by atoms with E-state index < -0.39 is 20.8 Å². The number of allylic oxidation sites excluding steroid dienone is 8. The van der Waals surface area contributed by atoms with Gasteiger partial charge in [0.1, 0.15) is 0 Å². The van der Waals surface area contributed by atoms with E-state index in [4.69, 9.17) is 40.2 Å². The monoisotopic (exact) mass is 940 g/mol. The normalized spacial score (nSPS) is 23.5. The van der Waals surface area contributed by atoms with E-state index in [0.717, 1.165) is 16.5 Å². The van der Waals surface area contributed by atoms with Gasteiger partial charge in [-0.15, -0.1) is 0 Å². The van der Waals surface area contributed by atoms with Crippen molar-refractivity contribution >= 4 is 51.4 Å². The van der Waals surface area contributed by atoms with Gasteiger partial charge in [0.2, 0.25) is 0 Å². The molecule has 0 spiro atoms. The molecule has 2 fully saturated rings. The van der Waals surface area contributed by atoms with Crippen LogP contribution in [0, 0.1) is 61.2 Å².